The molecule has 1 aromatic rings. The molecular weight excluding hydrogens is 254 g/mol. The Hall–Kier alpha value is -2.00. The number of hydrogen-bond donors (Lipinski definition) is 3. The Bertz CT molecular complexity index is 433. The van der Waals surface area contributed by atoms with Gasteiger partial charge in [0.25, 0.3) is 0 Å². The number of carbonyl (C=O) groups is 1. The smallest absolute Gasteiger partial charge is 0.306 e. The van der Waals surface area contributed by atoms with Gasteiger partial charge in [-0.25, -0.2) is 0 Å². The molecule has 0 aliphatic carbocycles. The molecule has 1 amide bonds. The second kappa shape index (κ2) is 7.44. The molecule has 1 aromatic heterocycles. The Kier molecular flexibility index (Phi) is 5.90. The predicted octanol–water partition coefficient (Wildman–Crippen LogP) is -1.12. The molecule has 0 radical (unpaired) electrons. The average molecular weight is 271 g/mol. The van der Waals surface area contributed by atoms with Crippen molar-refractivity contribution in [3.8, 4) is 0 Å². The molecule has 1 unspecified atom stereocenters. The Morgan fingerprint density at radius 3 is 3.00 bits per heavy atom. The summed E-state index contributed by atoms with van der Waals surface area (Å²) in [6.07, 6.45) is 1.99. The summed E-state index contributed by atoms with van der Waals surface area (Å²) in [6, 6.07) is 0. The van der Waals surface area contributed by atoms with E-state index in [0.29, 0.717) is 13.0 Å². The molecule has 0 saturated carbocycles. The number of nitrogens with one attached hydrogen (secondary N) is 2. The van der Waals surface area contributed by atoms with Gasteiger partial charge in [-0.05, 0) is 0 Å². The van der Waals surface area contributed by atoms with Gasteiger partial charge in [-0.3, -0.25) is 19.6 Å². The van der Waals surface area contributed by atoms with E-state index in [4.69, 9.17) is 0 Å². The first-order valence-electron chi connectivity index (χ1n) is 5.79. The normalized spacial score (nSPS) is 12.1. The number of amides is 1. The third-order valence-electron chi connectivity index (χ3n) is 2.42. The van der Waals surface area contributed by atoms with Crippen molar-refractivity contribution < 1.29 is 14.8 Å². The second-order valence-corrected chi connectivity index (χ2v) is 3.96. The van der Waals surface area contributed by atoms with Gasteiger partial charge in [-0.2, -0.15) is 5.10 Å². The van der Waals surface area contributed by atoms with E-state index in [1.165, 1.54) is 10.9 Å². The first kappa shape index (κ1) is 15.1. The van der Waals surface area contributed by atoms with E-state index in [1.54, 1.807) is 7.05 Å². The fraction of sp³-hybridized carbons (Fsp3) is 0.600. The van der Waals surface area contributed by atoms with E-state index in [-0.39, 0.29) is 24.7 Å². The molecule has 0 aliphatic heterocycles. The summed E-state index contributed by atoms with van der Waals surface area (Å²) in [5.74, 6) is -0.0790. The minimum Gasteiger partial charge on any atom is -0.390 e. The number of nitro groups is 1. The van der Waals surface area contributed by atoms with Crippen LogP contribution in [-0.2, 0) is 11.3 Å². The predicted molar refractivity (Wildman–Crippen MR) is 66.4 cm³/mol. The topological polar surface area (TPSA) is 122 Å². The largest absolute Gasteiger partial charge is 0.390 e. The highest BCUT2D eigenvalue weighted by atomic mass is 16.6. The second-order valence-electron chi connectivity index (χ2n) is 3.96. The maximum Gasteiger partial charge on any atom is 0.306 e. The van der Waals surface area contributed by atoms with Crippen LogP contribution in [0.5, 0.6) is 0 Å². The van der Waals surface area contributed by atoms with Crippen molar-refractivity contribution in [2.24, 2.45) is 0 Å². The molecule has 9 heteroatoms. The number of carbonyl (C=O) groups excluding carboxylic acids is 1. The number of aliphatic hydroxyl groups is 1. The minimum absolute atomic E-state index is 0.0790. The highest BCUT2D eigenvalue weighted by molar-refractivity contribution is 5.75. The van der Waals surface area contributed by atoms with Crippen molar-refractivity contribution in [3.05, 3.63) is 22.5 Å². The molecule has 0 saturated heterocycles. The van der Waals surface area contributed by atoms with Crippen LogP contribution in [0.25, 0.3) is 0 Å². The fourth-order valence-corrected chi connectivity index (χ4v) is 1.42. The minimum atomic E-state index is -0.732. The molecular formula is C10H17N5O4. The van der Waals surface area contributed by atoms with Gasteiger partial charge >= 0.3 is 5.69 Å². The molecule has 0 spiro atoms. The van der Waals surface area contributed by atoms with Gasteiger partial charge in [-0.1, -0.05) is 0 Å². The van der Waals surface area contributed by atoms with E-state index >= 15 is 0 Å². The maximum atomic E-state index is 10.9. The molecule has 1 heterocycles. The van der Waals surface area contributed by atoms with Crippen LogP contribution >= 0.6 is 0 Å². The van der Waals surface area contributed by atoms with Crippen molar-refractivity contribution in [2.75, 3.05) is 20.1 Å². The van der Waals surface area contributed by atoms with Crippen LogP contribution in [0.4, 0.5) is 5.69 Å². The van der Waals surface area contributed by atoms with Crippen LogP contribution in [0.15, 0.2) is 12.4 Å². The van der Waals surface area contributed by atoms with Crippen LogP contribution in [0, 0.1) is 10.1 Å². The fourth-order valence-electron chi connectivity index (χ4n) is 1.42. The van der Waals surface area contributed by atoms with Gasteiger partial charge < -0.3 is 15.7 Å². The van der Waals surface area contributed by atoms with Crippen LogP contribution in [-0.4, -0.2) is 52.0 Å². The van der Waals surface area contributed by atoms with Gasteiger partial charge in [0.15, 0.2) is 0 Å². The van der Waals surface area contributed by atoms with Gasteiger partial charge in [0, 0.05) is 26.6 Å². The van der Waals surface area contributed by atoms with Crippen LogP contribution in [0.1, 0.15) is 6.42 Å². The quantitative estimate of drug-likeness (QED) is 0.312. The molecule has 0 aromatic carbocycles. The molecule has 3 N–H and O–H groups in total. The zero-order valence-corrected chi connectivity index (χ0v) is 10.6. The Morgan fingerprint density at radius 1 is 1.68 bits per heavy atom. The van der Waals surface area contributed by atoms with E-state index in [2.05, 4.69) is 15.7 Å². The highest BCUT2D eigenvalue weighted by Gasteiger charge is 2.11. The Balaban J connectivity index is 2.24. The summed E-state index contributed by atoms with van der Waals surface area (Å²) in [6.45, 7) is 0.890. The summed E-state index contributed by atoms with van der Waals surface area (Å²) in [5.41, 5.74) is -0.111. The number of nitrogens with zero attached hydrogens (tertiary/aromatic N) is 3. The molecule has 0 bridgehead atoms. The third kappa shape index (κ3) is 5.44. The first-order valence-corrected chi connectivity index (χ1v) is 5.79. The molecule has 0 fully saturated rings. The Labute approximate surface area is 109 Å². The standard InChI is InChI=1S/C10H17N5O4/c1-11-10(17)2-3-12-5-9(16)7-14-6-8(4-13-14)15(18)19/h4,6,9,12,16H,2-3,5,7H2,1H3,(H,11,17). The zero-order chi connectivity index (χ0) is 14.3. The van der Waals surface area contributed by atoms with Crippen molar-refractivity contribution in [1.29, 1.82) is 0 Å². The lowest BCUT2D eigenvalue weighted by Gasteiger charge is -2.11. The zero-order valence-electron chi connectivity index (χ0n) is 10.6. The maximum absolute atomic E-state index is 10.9. The lowest BCUT2D eigenvalue weighted by molar-refractivity contribution is -0.385. The lowest BCUT2D eigenvalue weighted by Crippen LogP contribution is -2.33. The molecule has 19 heavy (non-hydrogen) atoms. The SMILES string of the molecule is CNC(=O)CCNCC(O)Cn1cc([N+](=O)[O-])cn1. The molecule has 1 atom stereocenters. The van der Waals surface area contributed by atoms with Crippen LogP contribution < -0.4 is 10.6 Å². The first-order chi connectivity index (χ1) is 9.02. The van der Waals surface area contributed by atoms with Crippen molar-refractivity contribution in [3.63, 3.8) is 0 Å². The number of aliphatic hydroxyl groups excluding tert-OH is 1. The van der Waals surface area contributed by atoms with Crippen LogP contribution in [0.3, 0.4) is 0 Å². The molecule has 1 rings (SSSR count). The third-order valence-corrected chi connectivity index (χ3v) is 2.42. The van der Waals surface area contributed by atoms with Crippen molar-refractivity contribution in [1.82, 2.24) is 20.4 Å². The van der Waals surface area contributed by atoms with Gasteiger partial charge in [0.1, 0.15) is 12.4 Å². The lowest BCUT2D eigenvalue weighted by atomic mass is 10.3. The molecule has 0 aliphatic rings. The average Bonchev–Trinajstić information content (AvgIpc) is 2.83. The summed E-state index contributed by atoms with van der Waals surface area (Å²) < 4.78 is 1.31. The van der Waals surface area contributed by atoms with E-state index in [0.717, 1.165) is 6.20 Å². The monoisotopic (exact) mass is 271 g/mol. The van der Waals surface area contributed by atoms with Gasteiger partial charge in [0.05, 0.1) is 17.6 Å². The number of rotatable bonds is 8. The highest BCUT2D eigenvalue weighted by Crippen LogP contribution is 2.07. The van der Waals surface area contributed by atoms with Crippen LogP contribution in [0.2, 0.25) is 0 Å². The number of aromatic nitrogens is 2. The van der Waals surface area contributed by atoms with Crippen molar-refractivity contribution >= 4 is 11.6 Å². The van der Waals surface area contributed by atoms with E-state index in [1.807, 2.05) is 0 Å². The molecule has 9 nitrogen and oxygen atoms in total. The van der Waals surface area contributed by atoms with E-state index in [9.17, 15) is 20.0 Å². The molecule has 106 valence electrons. The summed E-state index contributed by atoms with van der Waals surface area (Å²) in [4.78, 5) is 20.8. The van der Waals surface area contributed by atoms with Crippen molar-refractivity contribution in [2.45, 2.75) is 19.1 Å². The Morgan fingerprint density at radius 2 is 2.42 bits per heavy atom. The summed E-state index contributed by atoms with van der Waals surface area (Å²) >= 11 is 0. The summed E-state index contributed by atoms with van der Waals surface area (Å²) in [5, 5.41) is 29.3. The van der Waals surface area contributed by atoms with Gasteiger partial charge in [0.2, 0.25) is 5.91 Å². The number of hydrogen-bond acceptors (Lipinski definition) is 6. The summed E-state index contributed by atoms with van der Waals surface area (Å²) in [7, 11) is 1.56. The van der Waals surface area contributed by atoms with E-state index < -0.39 is 11.0 Å². The van der Waals surface area contributed by atoms with Gasteiger partial charge in [-0.15, -0.1) is 0 Å².